The molecule has 2 aliphatic carbocycles. The van der Waals surface area contributed by atoms with Gasteiger partial charge in [-0.25, -0.2) is 4.79 Å². The van der Waals surface area contributed by atoms with E-state index in [1.165, 1.54) is 60.4 Å². The van der Waals surface area contributed by atoms with E-state index < -0.39 is 5.97 Å². The first-order valence-electron chi connectivity index (χ1n) is 18.1. The molecule has 10 nitrogen and oxygen atoms in total. The van der Waals surface area contributed by atoms with E-state index in [4.69, 9.17) is 14.6 Å². The Hall–Kier alpha value is -4.12. The van der Waals surface area contributed by atoms with Gasteiger partial charge in [-0.3, -0.25) is 4.68 Å². The Morgan fingerprint density at radius 2 is 1.82 bits per heavy atom. The van der Waals surface area contributed by atoms with Crippen molar-refractivity contribution in [2.75, 3.05) is 13.7 Å². The summed E-state index contributed by atoms with van der Waals surface area (Å²) in [5.41, 5.74) is 6.40. The number of ether oxygens (including phenoxy) is 2. The summed E-state index contributed by atoms with van der Waals surface area (Å²) in [5, 5.41) is 28.8. The van der Waals surface area contributed by atoms with Crippen molar-refractivity contribution in [1.82, 2.24) is 29.9 Å². The van der Waals surface area contributed by atoms with Crippen LogP contribution in [0.2, 0.25) is 0 Å². The molecule has 0 spiro atoms. The van der Waals surface area contributed by atoms with Crippen molar-refractivity contribution in [3.05, 3.63) is 63.8 Å². The molecule has 2 saturated carbocycles. The second-order valence-electron chi connectivity index (χ2n) is 13.6. The minimum Gasteiger partial charge on any atom is -0.493 e. The predicted molar refractivity (Wildman–Crippen MR) is 191 cm³/mol. The summed E-state index contributed by atoms with van der Waals surface area (Å²) in [5.74, 6) is 3.01. The Kier molecular flexibility index (Phi) is 10.1. The molecule has 1 aromatic carbocycles. The lowest BCUT2D eigenvalue weighted by Crippen LogP contribution is -2.16. The summed E-state index contributed by atoms with van der Waals surface area (Å²) >= 11 is 1.73. The van der Waals surface area contributed by atoms with E-state index in [-0.39, 0.29) is 12.0 Å². The fraction of sp³-hybridized carbons (Fsp3) is 0.526. The largest absolute Gasteiger partial charge is 0.493 e. The third-order valence-corrected chi connectivity index (χ3v) is 11.5. The smallest absolute Gasteiger partial charge is 0.333 e. The molecule has 5 heterocycles. The quantitative estimate of drug-likeness (QED) is 0.171. The zero-order chi connectivity index (χ0) is 33.9. The molecule has 0 bridgehead atoms. The number of benzene rings is 1. The molecule has 260 valence electrons. The topological polar surface area (TPSA) is 116 Å². The normalized spacial score (nSPS) is 19.9. The van der Waals surface area contributed by atoms with Crippen LogP contribution in [0.3, 0.4) is 0 Å². The van der Waals surface area contributed by atoms with Crippen LogP contribution >= 0.6 is 11.3 Å². The van der Waals surface area contributed by atoms with Crippen LogP contribution in [0.15, 0.2) is 47.0 Å². The SMILES string of the molecule is CCC(C(=O)O)=C1C[C@@H](c2ccc(OC)c(OC3CCCC3)c2)CN1.CCc1nn(C2CCCC2)c2c1CCn1c(-c3cccs3)nnc1-2. The average Bonchev–Trinajstić information content (AvgIpc) is 3.96. The van der Waals surface area contributed by atoms with E-state index >= 15 is 0 Å². The van der Waals surface area contributed by atoms with Crippen molar-refractivity contribution in [1.29, 1.82) is 0 Å². The molecule has 8 rings (SSSR count). The number of hydrogen-bond donors (Lipinski definition) is 2. The van der Waals surface area contributed by atoms with Crippen LogP contribution in [-0.2, 0) is 24.2 Å². The number of nitrogens with one attached hydrogen (secondary N) is 1. The van der Waals surface area contributed by atoms with Crippen molar-refractivity contribution in [3.63, 3.8) is 0 Å². The van der Waals surface area contributed by atoms with E-state index in [1.807, 2.05) is 13.0 Å². The highest BCUT2D eigenvalue weighted by atomic mass is 32.1. The maximum absolute atomic E-state index is 11.4. The van der Waals surface area contributed by atoms with Gasteiger partial charge in [0.25, 0.3) is 0 Å². The van der Waals surface area contributed by atoms with E-state index in [1.54, 1.807) is 18.4 Å². The molecule has 3 fully saturated rings. The monoisotopic (exact) mass is 684 g/mol. The maximum atomic E-state index is 11.4. The first-order valence-corrected chi connectivity index (χ1v) is 19.0. The van der Waals surface area contributed by atoms with Crippen LogP contribution in [-0.4, -0.2) is 55.4 Å². The van der Waals surface area contributed by atoms with Gasteiger partial charge in [0.05, 0.1) is 35.4 Å². The number of methoxy groups -OCH3 is 1. The Bertz CT molecular complexity index is 1800. The minimum absolute atomic E-state index is 0.257. The third kappa shape index (κ3) is 6.74. The van der Waals surface area contributed by atoms with Crippen molar-refractivity contribution in [3.8, 4) is 33.7 Å². The highest BCUT2D eigenvalue weighted by Crippen LogP contribution is 2.40. The van der Waals surface area contributed by atoms with Crippen molar-refractivity contribution in [2.45, 2.75) is 116 Å². The van der Waals surface area contributed by atoms with E-state index in [0.717, 1.165) is 79.6 Å². The van der Waals surface area contributed by atoms with Gasteiger partial charge in [-0.2, -0.15) is 5.10 Å². The molecule has 4 aromatic rings. The lowest BCUT2D eigenvalue weighted by molar-refractivity contribution is -0.132. The van der Waals surface area contributed by atoms with Gasteiger partial charge in [0, 0.05) is 30.3 Å². The van der Waals surface area contributed by atoms with Gasteiger partial charge in [0.1, 0.15) is 5.69 Å². The molecule has 3 aromatic heterocycles. The lowest BCUT2D eigenvalue weighted by atomic mass is 9.95. The number of nitrogens with zero attached hydrogens (tertiary/aromatic N) is 5. The summed E-state index contributed by atoms with van der Waals surface area (Å²) in [6.07, 6.45) is 13.3. The van der Waals surface area contributed by atoms with Gasteiger partial charge in [-0.05, 0) is 93.4 Å². The van der Waals surface area contributed by atoms with Crippen LogP contribution in [0.4, 0.5) is 0 Å². The van der Waals surface area contributed by atoms with E-state index in [0.29, 0.717) is 18.0 Å². The van der Waals surface area contributed by atoms with Gasteiger partial charge >= 0.3 is 5.97 Å². The van der Waals surface area contributed by atoms with Gasteiger partial charge in [-0.1, -0.05) is 38.8 Å². The molecule has 1 saturated heterocycles. The zero-order valence-corrected chi connectivity index (χ0v) is 29.7. The number of carboxylic acids is 1. The first-order chi connectivity index (χ1) is 24.0. The van der Waals surface area contributed by atoms with Gasteiger partial charge in [-0.15, -0.1) is 21.5 Å². The molecule has 0 radical (unpaired) electrons. The highest BCUT2D eigenvalue weighted by Gasteiger charge is 2.32. The number of fused-ring (bicyclic) bond motifs is 3. The first kappa shape index (κ1) is 33.4. The summed E-state index contributed by atoms with van der Waals surface area (Å²) in [7, 11) is 1.66. The van der Waals surface area contributed by atoms with Crippen molar-refractivity contribution in [2.24, 2.45) is 0 Å². The standard InChI is InChI=1S/C20H27NO4.C18H21N5S/c1-3-16(20(22)23)17-10-14(12-21-17)13-8-9-18(24-2)19(11-13)25-15-6-4-5-7-15;1-2-14-13-9-10-22-17(15-8-5-11-24-15)19-20-18(22)16(13)23(21-14)12-6-3-4-7-12/h8-9,11,14-15,21H,3-7,10,12H2,1-2H3,(H,22,23);5,8,11-12H,2-4,6-7,9-10H2,1H3/t14-;/m1./s1. The molecule has 2 N–H and O–H groups in total. The van der Waals surface area contributed by atoms with Crippen LogP contribution in [0, 0.1) is 0 Å². The molecular formula is C38H48N6O4S. The van der Waals surface area contributed by atoms with Crippen molar-refractivity contribution < 1.29 is 19.4 Å². The Morgan fingerprint density at radius 1 is 1.04 bits per heavy atom. The summed E-state index contributed by atoms with van der Waals surface area (Å²) in [6.45, 7) is 5.79. The van der Waals surface area contributed by atoms with E-state index in [9.17, 15) is 9.90 Å². The number of rotatable bonds is 9. The number of aromatic nitrogens is 5. The number of thiophene rings is 1. The number of carboxylic acid groups (broad SMARTS) is 1. The highest BCUT2D eigenvalue weighted by molar-refractivity contribution is 7.13. The maximum Gasteiger partial charge on any atom is 0.333 e. The van der Waals surface area contributed by atoms with Gasteiger partial charge in [0.15, 0.2) is 23.1 Å². The molecule has 0 amide bonds. The number of carbonyl (C=O) groups is 1. The third-order valence-electron chi connectivity index (χ3n) is 10.6. The van der Waals surface area contributed by atoms with Crippen LogP contribution < -0.4 is 14.8 Å². The second kappa shape index (κ2) is 14.8. The average molecular weight is 685 g/mol. The van der Waals surface area contributed by atoms with E-state index in [2.05, 4.69) is 61.3 Å². The molecule has 2 aliphatic heterocycles. The van der Waals surface area contributed by atoms with Crippen LogP contribution in [0.25, 0.3) is 22.2 Å². The van der Waals surface area contributed by atoms with Crippen LogP contribution in [0.5, 0.6) is 11.5 Å². The van der Waals surface area contributed by atoms with Gasteiger partial charge < -0.3 is 24.5 Å². The molecule has 1 atom stereocenters. The Labute approximate surface area is 292 Å². The minimum atomic E-state index is -0.828. The molecule has 49 heavy (non-hydrogen) atoms. The fourth-order valence-electron chi connectivity index (χ4n) is 8.04. The lowest BCUT2D eigenvalue weighted by Gasteiger charge is -2.20. The summed E-state index contributed by atoms with van der Waals surface area (Å²) in [6, 6.07) is 10.8. The number of hydrogen-bond acceptors (Lipinski definition) is 8. The van der Waals surface area contributed by atoms with Crippen molar-refractivity contribution >= 4 is 17.3 Å². The molecule has 4 aliphatic rings. The number of allylic oxidation sites excluding steroid dienone is 1. The molecule has 0 unspecified atom stereocenters. The predicted octanol–water partition coefficient (Wildman–Crippen LogP) is 7.95. The summed E-state index contributed by atoms with van der Waals surface area (Å²) < 4.78 is 16.2. The zero-order valence-electron chi connectivity index (χ0n) is 28.9. The Balaban J connectivity index is 0.000000154. The second-order valence-corrected chi connectivity index (χ2v) is 14.5. The van der Waals surface area contributed by atoms with Crippen LogP contribution in [0.1, 0.15) is 107 Å². The number of aryl methyl sites for hydroxylation is 1. The molecule has 11 heteroatoms. The molecular weight excluding hydrogens is 637 g/mol. The summed E-state index contributed by atoms with van der Waals surface area (Å²) in [4.78, 5) is 12.6. The Morgan fingerprint density at radius 3 is 2.51 bits per heavy atom. The fourth-order valence-corrected chi connectivity index (χ4v) is 8.75. The number of aliphatic carboxylic acids is 1. The van der Waals surface area contributed by atoms with Gasteiger partial charge in [0.2, 0.25) is 0 Å².